The molecule has 0 aliphatic heterocycles. The van der Waals surface area contributed by atoms with Crippen LogP contribution in [-0.2, 0) is 6.42 Å². The van der Waals surface area contributed by atoms with Gasteiger partial charge in [-0.15, -0.1) is 0 Å². The minimum atomic E-state index is -0.279. The predicted octanol–water partition coefficient (Wildman–Crippen LogP) is 3.81. The molecule has 14 heavy (non-hydrogen) atoms. The van der Waals surface area contributed by atoms with Crippen molar-refractivity contribution in [2.75, 3.05) is 0 Å². The zero-order valence-corrected chi connectivity index (χ0v) is 10.5. The van der Waals surface area contributed by atoms with E-state index in [0.29, 0.717) is 6.42 Å². The molecule has 1 atom stereocenters. The summed E-state index contributed by atoms with van der Waals surface area (Å²) in [4.78, 5) is 0. The van der Waals surface area contributed by atoms with Crippen molar-refractivity contribution in [2.45, 2.75) is 32.3 Å². The van der Waals surface area contributed by atoms with Gasteiger partial charge >= 0.3 is 0 Å². The van der Waals surface area contributed by atoms with Crippen LogP contribution in [0.2, 0.25) is 5.02 Å². The second-order valence-corrected chi connectivity index (χ2v) is 4.71. The molecule has 0 spiro atoms. The molecule has 1 nitrogen and oxygen atoms in total. The Balaban J connectivity index is 2.67. The Morgan fingerprint density at radius 3 is 2.79 bits per heavy atom. The summed E-state index contributed by atoms with van der Waals surface area (Å²) in [6, 6.07) is 5.75. The summed E-state index contributed by atoms with van der Waals surface area (Å²) >= 11 is 9.38. The zero-order valence-electron chi connectivity index (χ0n) is 8.13. The Kier molecular flexibility index (Phi) is 4.93. The summed E-state index contributed by atoms with van der Waals surface area (Å²) < 4.78 is 0.969. The molecule has 3 heteroatoms. The minimum Gasteiger partial charge on any atom is -0.393 e. The summed E-state index contributed by atoms with van der Waals surface area (Å²) in [7, 11) is 0. The topological polar surface area (TPSA) is 20.2 Å². The van der Waals surface area contributed by atoms with Crippen LogP contribution in [-0.4, -0.2) is 11.2 Å². The third-order valence-corrected chi connectivity index (χ3v) is 2.94. The van der Waals surface area contributed by atoms with E-state index in [4.69, 9.17) is 11.6 Å². The quantitative estimate of drug-likeness (QED) is 0.887. The predicted molar refractivity (Wildman–Crippen MR) is 63.8 cm³/mol. The SMILES string of the molecule is CCCC(O)Cc1ccc(Br)cc1Cl. The van der Waals surface area contributed by atoms with Crippen molar-refractivity contribution < 1.29 is 5.11 Å². The van der Waals surface area contributed by atoms with E-state index >= 15 is 0 Å². The molecule has 0 heterocycles. The van der Waals surface area contributed by atoms with E-state index < -0.39 is 0 Å². The summed E-state index contributed by atoms with van der Waals surface area (Å²) in [6.45, 7) is 2.06. The Morgan fingerprint density at radius 2 is 2.21 bits per heavy atom. The van der Waals surface area contributed by atoms with Gasteiger partial charge in [0.15, 0.2) is 0 Å². The Morgan fingerprint density at radius 1 is 1.50 bits per heavy atom. The molecule has 0 aliphatic rings. The van der Waals surface area contributed by atoms with Crippen molar-refractivity contribution >= 4 is 27.5 Å². The summed E-state index contributed by atoms with van der Waals surface area (Å²) in [5.74, 6) is 0. The first-order valence-corrected chi connectivity index (χ1v) is 5.92. The monoisotopic (exact) mass is 276 g/mol. The Hall–Kier alpha value is -0.0500. The fourth-order valence-corrected chi connectivity index (χ4v) is 2.13. The van der Waals surface area contributed by atoms with Crippen molar-refractivity contribution in [2.24, 2.45) is 0 Å². The van der Waals surface area contributed by atoms with Crippen LogP contribution < -0.4 is 0 Å². The molecule has 0 bridgehead atoms. The van der Waals surface area contributed by atoms with Gasteiger partial charge in [0.05, 0.1) is 6.10 Å². The third-order valence-electron chi connectivity index (χ3n) is 2.09. The molecule has 78 valence electrons. The second kappa shape index (κ2) is 5.74. The normalized spacial score (nSPS) is 12.9. The number of rotatable bonds is 4. The van der Waals surface area contributed by atoms with E-state index in [1.54, 1.807) is 0 Å². The van der Waals surface area contributed by atoms with Gasteiger partial charge in [-0.3, -0.25) is 0 Å². The van der Waals surface area contributed by atoms with Crippen LogP contribution in [0.15, 0.2) is 22.7 Å². The van der Waals surface area contributed by atoms with Gasteiger partial charge in [-0.05, 0) is 30.5 Å². The van der Waals surface area contributed by atoms with Crippen molar-refractivity contribution in [3.8, 4) is 0 Å². The molecule has 0 saturated heterocycles. The highest BCUT2D eigenvalue weighted by atomic mass is 79.9. The minimum absolute atomic E-state index is 0.279. The summed E-state index contributed by atoms with van der Waals surface area (Å²) in [5, 5.41) is 10.3. The molecule has 0 aliphatic carbocycles. The van der Waals surface area contributed by atoms with E-state index in [1.165, 1.54) is 0 Å². The van der Waals surface area contributed by atoms with Crippen molar-refractivity contribution in [1.29, 1.82) is 0 Å². The molecular formula is C11H14BrClO. The molecule has 0 aromatic heterocycles. The van der Waals surface area contributed by atoms with Gasteiger partial charge in [-0.25, -0.2) is 0 Å². The van der Waals surface area contributed by atoms with Gasteiger partial charge in [0, 0.05) is 9.50 Å². The molecule has 1 aromatic rings. The molecule has 1 unspecified atom stereocenters. The number of benzene rings is 1. The van der Waals surface area contributed by atoms with E-state index in [9.17, 15) is 5.11 Å². The molecular weight excluding hydrogens is 263 g/mol. The van der Waals surface area contributed by atoms with Crippen LogP contribution in [0.5, 0.6) is 0 Å². The highest BCUT2D eigenvalue weighted by Crippen LogP contribution is 2.23. The smallest absolute Gasteiger partial charge is 0.0581 e. The van der Waals surface area contributed by atoms with E-state index in [1.807, 2.05) is 18.2 Å². The first-order valence-electron chi connectivity index (χ1n) is 4.75. The second-order valence-electron chi connectivity index (χ2n) is 3.38. The molecule has 1 N–H and O–H groups in total. The lowest BCUT2D eigenvalue weighted by Crippen LogP contribution is -2.09. The standard InChI is InChI=1S/C11H14BrClO/c1-2-3-10(14)6-8-4-5-9(12)7-11(8)13/h4-5,7,10,14H,2-3,6H2,1H3. The summed E-state index contributed by atoms with van der Waals surface area (Å²) in [6.07, 6.45) is 2.18. The lowest BCUT2D eigenvalue weighted by molar-refractivity contribution is 0.164. The van der Waals surface area contributed by atoms with Gasteiger partial charge in [-0.2, -0.15) is 0 Å². The van der Waals surface area contributed by atoms with E-state index in [2.05, 4.69) is 22.9 Å². The lowest BCUT2D eigenvalue weighted by Gasteiger charge is -2.10. The van der Waals surface area contributed by atoms with Crippen LogP contribution in [0.25, 0.3) is 0 Å². The average molecular weight is 278 g/mol. The van der Waals surface area contributed by atoms with Gasteiger partial charge in [0.1, 0.15) is 0 Å². The molecule has 0 amide bonds. The Labute approximate surface area is 98.2 Å². The zero-order chi connectivity index (χ0) is 10.6. The number of aliphatic hydroxyl groups excluding tert-OH is 1. The number of hydrogen-bond donors (Lipinski definition) is 1. The molecule has 0 radical (unpaired) electrons. The fraction of sp³-hybridized carbons (Fsp3) is 0.455. The molecule has 1 aromatic carbocycles. The highest BCUT2D eigenvalue weighted by molar-refractivity contribution is 9.10. The Bertz CT molecular complexity index is 301. The van der Waals surface area contributed by atoms with Crippen molar-refractivity contribution in [3.63, 3.8) is 0 Å². The maximum Gasteiger partial charge on any atom is 0.0581 e. The van der Waals surface area contributed by atoms with Gasteiger partial charge in [-0.1, -0.05) is 46.9 Å². The molecule has 0 saturated carbocycles. The number of hydrogen-bond acceptors (Lipinski definition) is 1. The van der Waals surface area contributed by atoms with Gasteiger partial charge in [0.2, 0.25) is 0 Å². The molecule has 0 fully saturated rings. The van der Waals surface area contributed by atoms with Crippen LogP contribution in [0.3, 0.4) is 0 Å². The number of aliphatic hydroxyl groups is 1. The van der Waals surface area contributed by atoms with Crippen molar-refractivity contribution in [3.05, 3.63) is 33.3 Å². The van der Waals surface area contributed by atoms with Gasteiger partial charge in [0.25, 0.3) is 0 Å². The lowest BCUT2D eigenvalue weighted by atomic mass is 10.0. The van der Waals surface area contributed by atoms with Crippen molar-refractivity contribution in [1.82, 2.24) is 0 Å². The highest BCUT2D eigenvalue weighted by Gasteiger charge is 2.07. The fourth-order valence-electron chi connectivity index (χ4n) is 1.38. The first kappa shape index (κ1) is 12.0. The molecule has 1 rings (SSSR count). The van der Waals surface area contributed by atoms with Crippen LogP contribution >= 0.6 is 27.5 Å². The maximum absolute atomic E-state index is 9.63. The number of halogens is 2. The first-order chi connectivity index (χ1) is 6.63. The average Bonchev–Trinajstić information content (AvgIpc) is 2.10. The van der Waals surface area contributed by atoms with Crippen LogP contribution in [0.1, 0.15) is 25.3 Å². The van der Waals surface area contributed by atoms with Gasteiger partial charge < -0.3 is 5.11 Å². The van der Waals surface area contributed by atoms with Crippen LogP contribution in [0, 0.1) is 0 Å². The van der Waals surface area contributed by atoms with Crippen LogP contribution in [0.4, 0.5) is 0 Å². The largest absolute Gasteiger partial charge is 0.393 e. The third kappa shape index (κ3) is 3.60. The maximum atomic E-state index is 9.63. The summed E-state index contributed by atoms with van der Waals surface area (Å²) in [5.41, 5.74) is 1.01. The van der Waals surface area contributed by atoms with E-state index in [0.717, 1.165) is 27.9 Å². The van der Waals surface area contributed by atoms with E-state index in [-0.39, 0.29) is 6.10 Å².